The third-order valence-electron chi connectivity index (χ3n) is 5.80. The Kier molecular flexibility index (Phi) is 6.38. The van der Waals surface area contributed by atoms with Crippen molar-refractivity contribution in [1.82, 2.24) is 4.98 Å². The highest BCUT2D eigenvalue weighted by atomic mass is 35.5. The number of hydrogen-bond acceptors (Lipinski definition) is 5. The molecule has 5 nitrogen and oxygen atoms in total. The number of halogens is 3. The van der Waals surface area contributed by atoms with Crippen LogP contribution in [0.4, 0.5) is 10.1 Å². The van der Waals surface area contributed by atoms with Crippen LogP contribution in [0.2, 0.25) is 10.0 Å². The second-order valence-electron chi connectivity index (χ2n) is 8.12. The number of Topliss-reactive ketones (excluding diaryl/α,β-unsaturated/α-hetero) is 1. The zero-order valence-corrected chi connectivity index (χ0v) is 21.0. The number of aryl methyl sites for hydroxylation is 1. The van der Waals surface area contributed by atoms with Gasteiger partial charge < -0.3 is 5.11 Å². The standard InChI is InChI=1S/C27H17Cl2FN2O3S/c1-14-25(36-26(31-14)15-7-3-2-4-8-15)23(33)21-22(19-9-5-6-10-20(19)30)32(27(35)24(21)34)18-12-16(28)11-17(29)13-18/h2-13,22,34H,1H3. The summed E-state index contributed by atoms with van der Waals surface area (Å²) in [6.45, 7) is 1.68. The molecule has 0 saturated carbocycles. The second-order valence-corrected chi connectivity index (χ2v) is 9.99. The number of benzene rings is 3. The van der Waals surface area contributed by atoms with E-state index in [1.165, 1.54) is 36.4 Å². The Hall–Kier alpha value is -3.52. The van der Waals surface area contributed by atoms with Gasteiger partial charge in [-0.2, -0.15) is 0 Å². The van der Waals surface area contributed by atoms with Gasteiger partial charge in [0, 0.05) is 26.9 Å². The Balaban J connectivity index is 1.67. The molecule has 180 valence electrons. The molecule has 0 saturated heterocycles. The number of aliphatic hydroxyl groups excluding tert-OH is 1. The molecule has 1 aromatic heterocycles. The number of amides is 1. The van der Waals surface area contributed by atoms with Gasteiger partial charge in [-0.1, -0.05) is 71.7 Å². The van der Waals surface area contributed by atoms with Crippen LogP contribution < -0.4 is 4.90 Å². The van der Waals surface area contributed by atoms with Gasteiger partial charge in [-0.05, 0) is 31.2 Å². The molecule has 0 fully saturated rings. The summed E-state index contributed by atoms with van der Waals surface area (Å²) in [4.78, 5) is 33.1. The van der Waals surface area contributed by atoms with Crippen molar-refractivity contribution < 1.29 is 19.1 Å². The van der Waals surface area contributed by atoms with Crippen LogP contribution in [0.25, 0.3) is 10.6 Å². The van der Waals surface area contributed by atoms with Gasteiger partial charge in [0.2, 0.25) is 5.78 Å². The molecular weight excluding hydrogens is 522 g/mol. The summed E-state index contributed by atoms with van der Waals surface area (Å²) < 4.78 is 15.1. The first kappa shape index (κ1) is 24.2. The van der Waals surface area contributed by atoms with E-state index in [1.54, 1.807) is 13.0 Å². The lowest BCUT2D eigenvalue weighted by atomic mass is 9.94. The summed E-state index contributed by atoms with van der Waals surface area (Å²) in [6, 6.07) is 18.3. The second kappa shape index (κ2) is 9.50. The van der Waals surface area contributed by atoms with Crippen molar-refractivity contribution in [2.75, 3.05) is 4.90 Å². The molecule has 0 spiro atoms. The molecule has 1 N–H and O–H groups in total. The predicted molar refractivity (Wildman–Crippen MR) is 139 cm³/mol. The molecule has 0 radical (unpaired) electrons. The van der Waals surface area contributed by atoms with Gasteiger partial charge in [-0.15, -0.1) is 11.3 Å². The van der Waals surface area contributed by atoms with E-state index < -0.39 is 29.3 Å². The van der Waals surface area contributed by atoms with E-state index in [-0.39, 0.29) is 31.7 Å². The van der Waals surface area contributed by atoms with Crippen molar-refractivity contribution >= 4 is 51.9 Å². The van der Waals surface area contributed by atoms with Crippen LogP contribution in [0, 0.1) is 12.7 Å². The van der Waals surface area contributed by atoms with Crippen LogP contribution in [0.1, 0.15) is 27.0 Å². The number of aliphatic hydroxyl groups is 1. The van der Waals surface area contributed by atoms with Crippen molar-refractivity contribution in [1.29, 1.82) is 0 Å². The molecule has 1 amide bonds. The van der Waals surface area contributed by atoms with Crippen LogP contribution in [-0.2, 0) is 4.79 Å². The smallest absolute Gasteiger partial charge is 0.294 e. The van der Waals surface area contributed by atoms with Crippen LogP contribution >= 0.6 is 34.5 Å². The predicted octanol–water partition coefficient (Wildman–Crippen LogP) is 7.35. The Morgan fingerprint density at radius 2 is 1.67 bits per heavy atom. The van der Waals surface area contributed by atoms with Crippen molar-refractivity contribution in [2.45, 2.75) is 13.0 Å². The minimum Gasteiger partial charge on any atom is -0.503 e. The fourth-order valence-electron chi connectivity index (χ4n) is 4.21. The summed E-state index contributed by atoms with van der Waals surface area (Å²) in [5.74, 6) is -2.88. The van der Waals surface area contributed by atoms with E-state index in [0.29, 0.717) is 10.7 Å². The Morgan fingerprint density at radius 1 is 1.03 bits per heavy atom. The first-order valence-electron chi connectivity index (χ1n) is 10.8. The molecule has 0 bridgehead atoms. The topological polar surface area (TPSA) is 70.5 Å². The zero-order valence-electron chi connectivity index (χ0n) is 18.7. The lowest BCUT2D eigenvalue weighted by Gasteiger charge is -2.27. The number of anilines is 1. The van der Waals surface area contributed by atoms with E-state index in [9.17, 15) is 14.7 Å². The van der Waals surface area contributed by atoms with E-state index in [1.807, 2.05) is 30.3 Å². The highest BCUT2D eigenvalue weighted by Gasteiger charge is 2.46. The van der Waals surface area contributed by atoms with Crippen molar-refractivity contribution in [2.24, 2.45) is 0 Å². The zero-order chi connectivity index (χ0) is 25.6. The first-order chi connectivity index (χ1) is 17.3. The quantitative estimate of drug-likeness (QED) is 0.269. The van der Waals surface area contributed by atoms with Gasteiger partial charge in [0.1, 0.15) is 10.8 Å². The van der Waals surface area contributed by atoms with Crippen LogP contribution in [0.5, 0.6) is 0 Å². The third kappa shape index (κ3) is 4.19. The molecule has 1 aliphatic heterocycles. The van der Waals surface area contributed by atoms with Gasteiger partial charge in [-0.3, -0.25) is 14.5 Å². The van der Waals surface area contributed by atoms with Crippen LogP contribution in [0.3, 0.4) is 0 Å². The summed E-state index contributed by atoms with van der Waals surface area (Å²) in [5, 5.41) is 12.1. The summed E-state index contributed by atoms with van der Waals surface area (Å²) in [7, 11) is 0. The average molecular weight is 539 g/mol. The molecule has 1 atom stereocenters. The lowest BCUT2D eigenvalue weighted by molar-refractivity contribution is -0.117. The number of aromatic nitrogens is 1. The Labute approximate surface area is 220 Å². The van der Waals surface area contributed by atoms with E-state index >= 15 is 4.39 Å². The molecule has 3 aromatic carbocycles. The molecule has 2 heterocycles. The fraction of sp³-hybridized carbons (Fsp3) is 0.0741. The molecule has 36 heavy (non-hydrogen) atoms. The molecule has 1 aliphatic rings. The molecular formula is C27H17Cl2FN2O3S. The number of thiazole rings is 1. The maximum Gasteiger partial charge on any atom is 0.294 e. The largest absolute Gasteiger partial charge is 0.503 e. The normalized spacial score (nSPS) is 15.6. The third-order valence-corrected chi connectivity index (χ3v) is 7.44. The van der Waals surface area contributed by atoms with Crippen molar-refractivity contribution in [3.8, 4) is 10.6 Å². The summed E-state index contributed by atoms with van der Waals surface area (Å²) in [6.07, 6.45) is 0. The number of rotatable bonds is 5. The Bertz CT molecular complexity index is 1530. The molecule has 0 aliphatic carbocycles. The van der Waals surface area contributed by atoms with Gasteiger partial charge >= 0.3 is 0 Å². The Morgan fingerprint density at radius 3 is 2.33 bits per heavy atom. The van der Waals surface area contributed by atoms with Gasteiger partial charge in [0.15, 0.2) is 5.76 Å². The maximum absolute atomic E-state index is 15.1. The van der Waals surface area contributed by atoms with E-state index in [4.69, 9.17) is 23.2 Å². The molecule has 5 rings (SSSR count). The first-order valence-corrected chi connectivity index (χ1v) is 12.4. The average Bonchev–Trinajstić information content (AvgIpc) is 3.36. The van der Waals surface area contributed by atoms with Gasteiger partial charge in [0.25, 0.3) is 5.91 Å². The minimum absolute atomic E-state index is 0.0415. The number of nitrogens with zero attached hydrogens (tertiary/aromatic N) is 2. The minimum atomic E-state index is -1.25. The maximum atomic E-state index is 15.1. The molecule has 1 unspecified atom stereocenters. The summed E-state index contributed by atoms with van der Waals surface area (Å²) in [5.41, 5.74) is 1.28. The van der Waals surface area contributed by atoms with E-state index in [2.05, 4.69) is 4.98 Å². The van der Waals surface area contributed by atoms with Gasteiger partial charge in [-0.25, -0.2) is 9.37 Å². The monoisotopic (exact) mass is 538 g/mol. The highest BCUT2D eigenvalue weighted by Crippen LogP contribution is 2.45. The summed E-state index contributed by atoms with van der Waals surface area (Å²) >= 11 is 13.5. The number of hydrogen-bond donors (Lipinski definition) is 1. The number of ketones is 1. The van der Waals surface area contributed by atoms with Crippen molar-refractivity contribution in [3.63, 3.8) is 0 Å². The molecule has 4 aromatic rings. The highest BCUT2D eigenvalue weighted by molar-refractivity contribution is 7.17. The lowest BCUT2D eigenvalue weighted by Crippen LogP contribution is -2.31. The number of carbonyl (C=O) groups is 2. The SMILES string of the molecule is Cc1nc(-c2ccccc2)sc1C(=O)C1=C(O)C(=O)N(c2cc(Cl)cc(Cl)c2)C1c1ccccc1F. The van der Waals surface area contributed by atoms with Gasteiger partial charge in [0.05, 0.1) is 22.2 Å². The number of carbonyl (C=O) groups excluding carboxylic acids is 2. The van der Waals surface area contributed by atoms with Crippen LogP contribution in [0.15, 0.2) is 84.1 Å². The van der Waals surface area contributed by atoms with Crippen molar-refractivity contribution in [3.05, 3.63) is 116 Å². The molecule has 9 heteroatoms. The fourth-order valence-corrected chi connectivity index (χ4v) is 5.75. The van der Waals surface area contributed by atoms with E-state index in [0.717, 1.165) is 21.8 Å². The van der Waals surface area contributed by atoms with Crippen LogP contribution in [-0.4, -0.2) is 21.8 Å².